The molecule has 2 aromatic heterocycles. The Labute approximate surface area is 219 Å². The first-order valence-corrected chi connectivity index (χ1v) is 14.7. The van der Waals surface area contributed by atoms with Gasteiger partial charge >= 0.3 is 0 Å². The molecular formula is C31H40N4O2. The molecule has 1 aromatic carbocycles. The molecule has 3 atom stereocenters. The molecule has 6 heteroatoms. The van der Waals surface area contributed by atoms with Crippen molar-refractivity contribution in [2.75, 3.05) is 0 Å². The van der Waals surface area contributed by atoms with E-state index in [2.05, 4.69) is 9.88 Å². The van der Waals surface area contributed by atoms with Crippen LogP contribution >= 0.6 is 0 Å². The lowest BCUT2D eigenvalue weighted by Crippen LogP contribution is -2.57. The smallest absolute Gasteiger partial charge is 0.278 e. The van der Waals surface area contributed by atoms with Crippen LogP contribution in [-0.4, -0.2) is 37.6 Å². The molecule has 3 aromatic rings. The first-order chi connectivity index (χ1) is 18.2. The van der Waals surface area contributed by atoms with Gasteiger partial charge in [0.2, 0.25) is 0 Å². The fourth-order valence-electron chi connectivity index (χ4n) is 7.58. The molecule has 3 aliphatic rings. The van der Waals surface area contributed by atoms with Crippen molar-refractivity contribution in [2.45, 2.75) is 114 Å². The number of rotatable bonds is 3. The van der Waals surface area contributed by atoms with Gasteiger partial charge in [0.25, 0.3) is 11.1 Å². The molecule has 6 rings (SSSR count). The summed E-state index contributed by atoms with van der Waals surface area (Å²) in [6, 6.07) is 13.3. The lowest BCUT2D eigenvalue weighted by molar-refractivity contribution is -0.0239. The van der Waals surface area contributed by atoms with E-state index < -0.39 is 0 Å². The molecule has 0 radical (unpaired) electrons. The number of aromatic nitrogens is 3. The highest BCUT2D eigenvalue weighted by molar-refractivity contribution is 5.77. The van der Waals surface area contributed by atoms with Gasteiger partial charge in [0.15, 0.2) is 0 Å². The number of hydrogen-bond acceptors (Lipinski definition) is 4. The van der Waals surface area contributed by atoms with E-state index in [9.17, 15) is 9.59 Å². The maximum absolute atomic E-state index is 14.0. The van der Waals surface area contributed by atoms with Crippen molar-refractivity contribution >= 4 is 11.0 Å². The fraction of sp³-hybridized carbons (Fsp3) is 0.581. The number of piperidine rings is 2. The van der Waals surface area contributed by atoms with E-state index in [4.69, 9.17) is 4.98 Å². The third-order valence-corrected chi connectivity index (χ3v) is 9.24. The molecule has 4 heterocycles. The molecule has 2 saturated heterocycles. The van der Waals surface area contributed by atoms with Gasteiger partial charge in [-0.25, -0.2) is 4.98 Å². The third kappa shape index (κ3) is 4.93. The topological polar surface area (TPSA) is 71.0 Å². The van der Waals surface area contributed by atoms with Gasteiger partial charge in [-0.1, -0.05) is 63.5 Å². The van der Waals surface area contributed by atoms with Crippen LogP contribution in [0, 0.1) is 0 Å². The highest BCUT2D eigenvalue weighted by atomic mass is 16.1. The molecule has 3 fully saturated rings. The maximum Gasteiger partial charge on any atom is 0.278 e. The SMILES string of the molecule is O=c1[nH]cccc1-c1nc2ccccc2n([C@H]2C[C@H]3CCC[C@@H](C2)N3C2CCCCCCCCC2)c1=O. The van der Waals surface area contributed by atoms with Crippen molar-refractivity contribution in [3.8, 4) is 11.3 Å². The van der Waals surface area contributed by atoms with Gasteiger partial charge in [-0.2, -0.15) is 0 Å². The first kappa shape index (κ1) is 24.6. The van der Waals surface area contributed by atoms with Crippen LogP contribution < -0.4 is 11.1 Å². The largest absolute Gasteiger partial charge is 0.329 e. The molecule has 1 aliphatic carbocycles. The number of pyridine rings is 1. The highest BCUT2D eigenvalue weighted by Crippen LogP contribution is 2.42. The predicted molar refractivity (Wildman–Crippen MR) is 149 cm³/mol. The second kappa shape index (κ2) is 10.9. The summed E-state index contributed by atoms with van der Waals surface area (Å²) in [4.78, 5) is 37.0. The van der Waals surface area contributed by atoms with E-state index in [1.165, 1.54) is 77.0 Å². The minimum atomic E-state index is -0.267. The summed E-state index contributed by atoms with van der Waals surface area (Å²) in [5.74, 6) is 0. The minimum Gasteiger partial charge on any atom is -0.329 e. The van der Waals surface area contributed by atoms with Gasteiger partial charge in [0.1, 0.15) is 5.69 Å². The van der Waals surface area contributed by atoms with E-state index in [0.29, 0.717) is 23.7 Å². The van der Waals surface area contributed by atoms with E-state index in [-0.39, 0.29) is 22.9 Å². The van der Waals surface area contributed by atoms with Gasteiger partial charge in [0, 0.05) is 30.4 Å². The van der Waals surface area contributed by atoms with E-state index in [1.54, 1.807) is 18.3 Å². The lowest BCUT2D eigenvalue weighted by atomic mass is 9.79. The standard InChI is InChI=1S/C31H40N4O2/c36-30-26(16-11-19-32-30)29-31(37)35(28-18-9-8-17-27(28)33-29)25-20-23-14-10-15-24(21-25)34(23)22-12-6-4-2-1-3-5-7-13-22/h8-9,11,16-19,22-25H,1-7,10,12-15,20-21H2,(H,32,36)/t23-,24+,25+. The molecule has 1 N–H and O–H groups in total. The zero-order valence-corrected chi connectivity index (χ0v) is 21.9. The van der Waals surface area contributed by atoms with Crippen LogP contribution in [0.4, 0.5) is 0 Å². The van der Waals surface area contributed by atoms with Crippen LogP contribution in [0.2, 0.25) is 0 Å². The zero-order chi connectivity index (χ0) is 25.2. The second-order valence-electron chi connectivity index (χ2n) is 11.6. The third-order valence-electron chi connectivity index (χ3n) is 9.24. The summed E-state index contributed by atoms with van der Waals surface area (Å²) < 4.78 is 2.00. The van der Waals surface area contributed by atoms with Crippen LogP contribution in [0.15, 0.2) is 52.2 Å². The van der Waals surface area contributed by atoms with Crippen LogP contribution in [0.25, 0.3) is 22.3 Å². The average Bonchev–Trinajstić information content (AvgIpc) is 2.91. The molecule has 6 nitrogen and oxygen atoms in total. The lowest BCUT2D eigenvalue weighted by Gasteiger charge is -2.53. The number of benzene rings is 1. The molecule has 2 bridgehead atoms. The number of hydrogen-bond donors (Lipinski definition) is 1. The molecular weight excluding hydrogens is 460 g/mol. The number of nitrogens with zero attached hydrogens (tertiary/aromatic N) is 3. The second-order valence-corrected chi connectivity index (χ2v) is 11.6. The number of fused-ring (bicyclic) bond motifs is 3. The molecule has 37 heavy (non-hydrogen) atoms. The molecule has 0 spiro atoms. The van der Waals surface area contributed by atoms with Crippen molar-refractivity contribution in [3.63, 3.8) is 0 Å². The van der Waals surface area contributed by atoms with Gasteiger partial charge in [0.05, 0.1) is 16.6 Å². The van der Waals surface area contributed by atoms with Gasteiger partial charge in [-0.05, 0) is 62.8 Å². The zero-order valence-electron chi connectivity index (χ0n) is 21.9. The average molecular weight is 501 g/mol. The van der Waals surface area contributed by atoms with Crippen LogP contribution in [0.3, 0.4) is 0 Å². The van der Waals surface area contributed by atoms with Crippen molar-refractivity contribution in [3.05, 3.63) is 63.3 Å². The Bertz CT molecular complexity index is 1320. The Balaban J connectivity index is 1.36. The fourth-order valence-corrected chi connectivity index (χ4v) is 7.58. The van der Waals surface area contributed by atoms with Gasteiger partial charge < -0.3 is 9.55 Å². The van der Waals surface area contributed by atoms with E-state index >= 15 is 0 Å². The molecule has 1 saturated carbocycles. The van der Waals surface area contributed by atoms with E-state index in [1.807, 2.05) is 28.8 Å². The van der Waals surface area contributed by atoms with Crippen molar-refractivity contribution in [2.24, 2.45) is 0 Å². The Morgan fingerprint density at radius 3 is 2.05 bits per heavy atom. The van der Waals surface area contributed by atoms with Crippen molar-refractivity contribution < 1.29 is 0 Å². The first-order valence-electron chi connectivity index (χ1n) is 14.7. The Morgan fingerprint density at radius 2 is 1.35 bits per heavy atom. The number of H-pyrrole nitrogens is 1. The summed E-state index contributed by atoms with van der Waals surface area (Å²) in [5.41, 5.74) is 1.88. The summed E-state index contributed by atoms with van der Waals surface area (Å²) in [6.07, 6.45) is 19.7. The quantitative estimate of drug-likeness (QED) is 0.465. The summed E-state index contributed by atoms with van der Waals surface area (Å²) in [7, 11) is 0. The number of aromatic amines is 1. The summed E-state index contributed by atoms with van der Waals surface area (Å²) in [5, 5.41) is 0. The van der Waals surface area contributed by atoms with E-state index in [0.717, 1.165) is 23.9 Å². The van der Waals surface area contributed by atoms with Crippen LogP contribution in [0.5, 0.6) is 0 Å². The highest BCUT2D eigenvalue weighted by Gasteiger charge is 2.42. The summed E-state index contributed by atoms with van der Waals surface area (Å²) in [6.45, 7) is 0. The molecule has 0 amide bonds. The Kier molecular flexibility index (Phi) is 7.27. The number of nitrogens with one attached hydrogen (secondary N) is 1. The van der Waals surface area contributed by atoms with Gasteiger partial charge in [-0.3, -0.25) is 14.5 Å². The Hall–Kier alpha value is -2.73. The van der Waals surface area contributed by atoms with Crippen molar-refractivity contribution in [1.82, 2.24) is 19.4 Å². The monoisotopic (exact) mass is 500 g/mol. The normalized spacial score (nSPS) is 26.2. The summed E-state index contributed by atoms with van der Waals surface area (Å²) >= 11 is 0. The van der Waals surface area contributed by atoms with Crippen LogP contribution in [-0.2, 0) is 0 Å². The van der Waals surface area contributed by atoms with Gasteiger partial charge in [-0.15, -0.1) is 0 Å². The molecule has 196 valence electrons. The van der Waals surface area contributed by atoms with Crippen LogP contribution in [0.1, 0.15) is 95.9 Å². The predicted octanol–water partition coefficient (Wildman–Crippen LogP) is 6.20. The Morgan fingerprint density at radius 1 is 0.703 bits per heavy atom. The number of para-hydroxylation sites is 2. The maximum atomic E-state index is 14.0. The van der Waals surface area contributed by atoms with Crippen molar-refractivity contribution in [1.29, 1.82) is 0 Å². The molecule has 2 aliphatic heterocycles. The molecule has 0 unspecified atom stereocenters. The minimum absolute atomic E-state index is 0.132.